The van der Waals surface area contributed by atoms with Crippen LogP contribution in [0.3, 0.4) is 0 Å². The maximum atomic E-state index is 10.2. The zero-order valence-electron chi connectivity index (χ0n) is 3.55. The van der Waals surface area contributed by atoms with Crippen molar-refractivity contribution in [2.75, 3.05) is 0 Å². The summed E-state index contributed by atoms with van der Waals surface area (Å²) in [5.74, 6) is 1.25. The standard InChI is InChI=1S/C3H4NOPS/c1-2-6(5)4-3-7/h2,6H,1H2. The smallest absolute Gasteiger partial charge is 0.209 e. The monoisotopic (exact) mass is 133 g/mol. The lowest BCUT2D eigenvalue weighted by atomic mass is 11.3. The zero-order valence-corrected chi connectivity index (χ0v) is 5.36. The summed E-state index contributed by atoms with van der Waals surface area (Å²) >= 11 is 4.16. The van der Waals surface area contributed by atoms with Crippen molar-refractivity contribution in [1.82, 2.24) is 0 Å². The highest BCUT2D eigenvalue weighted by Crippen LogP contribution is 2.20. The van der Waals surface area contributed by atoms with E-state index in [1.165, 1.54) is 5.82 Å². The van der Waals surface area contributed by atoms with Crippen molar-refractivity contribution in [1.29, 1.82) is 0 Å². The van der Waals surface area contributed by atoms with Gasteiger partial charge in [-0.1, -0.05) is 6.58 Å². The molecular formula is C3H4NOPS. The minimum absolute atomic E-state index is 1.25. The van der Waals surface area contributed by atoms with Gasteiger partial charge in [-0.25, -0.2) is 0 Å². The molecule has 0 aliphatic heterocycles. The van der Waals surface area contributed by atoms with Crippen LogP contribution >= 0.6 is 20.2 Å². The van der Waals surface area contributed by atoms with Crippen molar-refractivity contribution in [2.24, 2.45) is 4.76 Å². The van der Waals surface area contributed by atoms with Gasteiger partial charge in [-0.15, -0.1) is 0 Å². The van der Waals surface area contributed by atoms with Crippen molar-refractivity contribution >= 4 is 25.3 Å². The molecule has 0 fully saturated rings. The molecule has 0 amide bonds. The normalized spacial score (nSPS) is 11.4. The summed E-state index contributed by atoms with van der Waals surface area (Å²) in [7, 11) is -1.96. The third kappa shape index (κ3) is 3.60. The number of isothiocyanates is 1. The first-order valence-corrected chi connectivity index (χ1v) is 3.39. The Hall–Kier alpha value is -0.230. The molecular weight excluding hydrogens is 129 g/mol. The number of hydrogen-bond donors (Lipinski definition) is 0. The van der Waals surface area contributed by atoms with E-state index < -0.39 is 7.95 Å². The Balaban J connectivity index is 3.82. The molecule has 2 nitrogen and oxygen atoms in total. The number of thiocarbonyl (C=S) groups is 1. The fourth-order valence-electron chi connectivity index (χ4n) is 0.0906. The van der Waals surface area contributed by atoms with Crippen LogP contribution in [0.4, 0.5) is 0 Å². The summed E-state index contributed by atoms with van der Waals surface area (Å²) in [4.78, 5) is 0. The van der Waals surface area contributed by atoms with E-state index in [9.17, 15) is 4.57 Å². The van der Waals surface area contributed by atoms with E-state index in [1.54, 1.807) is 0 Å². The summed E-state index contributed by atoms with van der Waals surface area (Å²) in [6.07, 6.45) is 0. The topological polar surface area (TPSA) is 29.4 Å². The van der Waals surface area contributed by atoms with E-state index in [0.29, 0.717) is 0 Å². The van der Waals surface area contributed by atoms with Gasteiger partial charge in [0.25, 0.3) is 0 Å². The molecule has 0 bridgehead atoms. The van der Waals surface area contributed by atoms with Crippen LogP contribution in [-0.4, -0.2) is 5.16 Å². The molecule has 38 valence electrons. The van der Waals surface area contributed by atoms with Gasteiger partial charge in [0.1, 0.15) is 0 Å². The first-order chi connectivity index (χ1) is 3.31. The molecule has 1 atom stereocenters. The first kappa shape index (κ1) is 6.77. The predicted octanol–water partition coefficient (Wildman–Crippen LogP) is 1.71. The van der Waals surface area contributed by atoms with E-state index >= 15 is 0 Å². The number of nitrogens with zero attached hydrogens (tertiary/aromatic N) is 1. The third-order valence-electron chi connectivity index (χ3n) is 0.330. The summed E-state index contributed by atoms with van der Waals surface area (Å²) in [6, 6.07) is 0. The first-order valence-electron chi connectivity index (χ1n) is 1.55. The summed E-state index contributed by atoms with van der Waals surface area (Å²) in [5, 5.41) is 1.99. The van der Waals surface area contributed by atoms with Gasteiger partial charge >= 0.3 is 0 Å². The van der Waals surface area contributed by atoms with Crippen molar-refractivity contribution < 1.29 is 4.57 Å². The second kappa shape index (κ2) is 3.94. The van der Waals surface area contributed by atoms with Crippen LogP contribution in [-0.2, 0) is 4.57 Å². The molecule has 0 aliphatic rings. The lowest BCUT2D eigenvalue weighted by Gasteiger charge is -1.70. The molecule has 0 saturated heterocycles. The molecule has 0 N–H and O–H groups in total. The van der Waals surface area contributed by atoms with Crippen LogP contribution < -0.4 is 0 Å². The molecule has 0 aliphatic carbocycles. The molecule has 0 spiro atoms. The van der Waals surface area contributed by atoms with E-state index in [2.05, 4.69) is 23.6 Å². The Morgan fingerprint density at radius 3 is 2.71 bits per heavy atom. The number of rotatable bonds is 2. The lowest BCUT2D eigenvalue weighted by molar-refractivity contribution is 0.594. The van der Waals surface area contributed by atoms with Crippen molar-refractivity contribution in [2.45, 2.75) is 0 Å². The van der Waals surface area contributed by atoms with E-state index in [0.717, 1.165) is 0 Å². The van der Waals surface area contributed by atoms with Crippen molar-refractivity contribution in [3.8, 4) is 0 Å². The van der Waals surface area contributed by atoms with E-state index in [1.807, 2.05) is 5.16 Å². The summed E-state index contributed by atoms with van der Waals surface area (Å²) in [6.45, 7) is 3.23. The van der Waals surface area contributed by atoms with E-state index in [-0.39, 0.29) is 0 Å². The van der Waals surface area contributed by atoms with Gasteiger partial charge in [0.2, 0.25) is 7.95 Å². The molecule has 4 heteroatoms. The Morgan fingerprint density at radius 2 is 2.57 bits per heavy atom. The van der Waals surface area contributed by atoms with Crippen LogP contribution in [0.2, 0.25) is 0 Å². The van der Waals surface area contributed by atoms with Crippen LogP contribution in [0.15, 0.2) is 17.2 Å². The predicted molar refractivity (Wildman–Crippen MR) is 34.2 cm³/mol. The van der Waals surface area contributed by atoms with Gasteiger partial charge < -0.3 is 0 Å². The average molecular weight is 133 g/mol. The Bertz CT molecular complexity index is 138. The minimum atomic E-state index is -1.96. The fourth-order valence-corrected chi connectivity index (χ4v) is 0.542. The third-order valence-corrected chi connectivity index (χ3v) is 1.27. The molecule has 0 saturated carbocycles. The van der Waals surface area contributed by atoms with Crippen LogP contribution in [0.25, 0.3) is 0 Å². The average Bonchev–Trinajstić information content (AvgIpc) is 1.68. The van der Waals surface area contributed by atoms with Crippen LogP contribution in [0.5, 0.6) is 0 Å². The van der Waals surface area contributed by atoms with Gasteiger partial charge in [0, 0.05) is 0 Å². The maximum absolute atomic E-state index is 10.2. The molecule has 0 aromatic carbocycles. The number of hydrogen-bond acceptors (Lipinski definition) is 2. The Labute approximate surface area is 47.8 Å². The molecule has 0 rings (SSSR count). The van der Waals surface area contributed by atoms with Gasteiger partial charge in [-0.3, -0.25) is 4.57 Å². The second-order valence-corrected chi connectivity index (χ2v) is 2.24. The molecule has 7 heavy (non-hydrogen) atoms. The SMILES string of the molecule is C=C[PH](=O)N=C=S. The van der Waals surface area contributed by atoms with Gasteiger partial charge in [-0.2, -0.15) is 4.76 Å². The lowest BCUT2D eigenvalue weighted by Crippen LogP contribution is -1.38. The summed E-state index contributed by atoms with van der Waals surface area (Å²) in [5.41, 5.74) is 0. The molecule has 0 heterocycles. The molecule has 0 aromatic heterocycles. The fraction of sp³-hybridized carbons (Fsp3) is 0. The Kier molecular flexibility index (Phi) is 3.81. The molecule has 1 unspecified atom stereocenters. The zero-order chi connectivity index (χ0) is 5.70. The largest absolute Gasteiger partial charge is 0.297 e. The van der Waals surface area contributed by atoms with Gasteiger partial charge in [0.05, 0.1) is 5.16 Å². The maximum Gasteiger partial charge on any atom is 0.209 e. The molecule has 0 radical (unpaired) electrons. The molecule has 0 aromatic rings. The van der Waals surface area contributed by atoms with E-state index in [4.69, 9.17) is 0 Å². The van der Waals surface area contributed by atoms with Gasteiger partial charge in [-0.05, 0) is 18.0 Å². The minimum Gasteiger partial charge on any atom is -0.297 e. The van der Waals surface area contributed by atoms with Crippen molar-refractivity contribution in [3.05, 3.63) is 12.4 Å². The van der Waals surface area contributed by atoms with Gasteiger partial charge in [0.15, 0.2) is 0 Å². The highest BCUT2D eigenvalue weighted by Gasteiger charge is 1.76. The van der Waals surface area contributed by atoms with Crippen molar-refractivity contribution in [3.63, 3.8) is 0 Å². The quantitative estimate of drug-likeness (QED) is 0.326. The highest BCUT2D eigenvalue weighted by atomic mass is 32.1. The summed E-state index contributed by atoms with van der Waals surface area (Å²) < 4.78 is 13.4. The second-order valence-electron chi connectivity index (χ2n) is 0.745. The van der Waals surface area contributed by atoms with Crippen LogP contribution in [0, 0.1) is 0 Å². The highest BCUT2D eigenvalue weighted by molar-refractivity contribution is 7.78. The van der Waals surface area contributed by atoms with Crippen LogP contribution in [0.1, 0.15) is 0 Å². The Morgan fingerprint density at radius 1 is 2.00 bits per heavy atom.